The number of amidine groups is 2. The van der Waals surface area contributed by atoms with E-state index in [4.69, 9.17) is 54.7 Å². The fourth-order valence-corrected chi connectivity index (χ4v) is 18.5. The predicted octanol–water partition coefficient (Wildman–Crippen LogP) is 9.03. The number of nitrogens with two attached hydrogens (primary N) is 6. The summed E-state index contributed by atoms with van der Waals surface area (Å²) in [6.45, 7) is 8.75. The Morgan fingerprint density at radius 1 is 0.529 bits per heavy atom. The number of hydrogen-bond acceptors (Lipinski definition) is 19. The Hall–Kier alpha value is -8.77. The van der Waals surface area contributed by atoms with E-state index in [9.17, 15) is 40.8 Å². The van der Waals surface area contributed by atoms with Crippen molar-refractivity contribution in [3.8, 4) is 22.3 Å². The number of anilines is 2. The summed E-state index contributed by atoms with van der Waals surface area (Å²) < 4.78 is 68.3. The van der Waals surface area contributed by atoms with Crippen molar-refractivity contribution in [2.24, 2.45) is 44.4 Å². The van der Waals surface area contributed by atoms with E-state index in [1.807, 2.05) is 6.92 Å². The van der Waals surface area contributed by atoms with Crippen LogP contribution in [0.25, 0.3) is 22.3 Å². The molecule has 0 spiro atoms. The molecule has 4 aromatic carbocycles. The van der Waals surface area contributed by atoms with Gasteiger partial charge in [-0.1, -0.05) is 44.0 Å². The molecule has 6 aromatic rings. The number of guanidine groups is 2. The second-order valence-corrected chi connectivity index (χ2v) is 31.6. The van der Waals surface area contributed by atoms with Crippen LogP contribution in [-0.4, -0.2) is 141 Å². The zero-order chi connectivity index (χ0) is 74.5. The molecule has 2 aromatic heterocycles. The smallest absolute Gasteiger partial charge is 0.319 e. The largest absolute Gasteiger partial charge is 0.383 e. The average Bonchev–Trinajstić information content (AvgIpc) is 1.30. The molecule has 0 saturated heterocycles. The van der Waals surface area contributed by atoms with Crippen LogP contribution < -0.4 is 71.6 Å². The first-order valence-electron chi connectivity index (χ1n) is 33.0. The van der Waals surface area contributed by atoms with Gasteiger partial charge in [0.15, 0.2) is 11.9 Å². The third-order valence-corrected chi connectivity index (χ3v) is 24.1. The molecule has 552 valence electrons. The van der Waals surface area contributed by atoms with Gasteiger partial charge in [0, 0.05) is 63.4 Å². The standard InChI is InChI=1S/C68H93N17O11S6/c1-6-29-95-31-32-96-30-17-28-78-62(88)49(83-57(87)24-10-8-13-27-80-68(90)85-51-38-46(82-66(75)76)34-42(3)59(51)44-19-16-21-48(36-44)102(93,94)55-40-53(61(71)72)100-64(55)98-5)22-11-14-25-77-56(86)23-9-7-12-26-79-67(89)84-50-37-45(81-65(73)74)33-41(2)58(50)43-18-15-20-47(35-43)101(91,92)54-39-52(60(69)70)99-63(54)97-4/h15-16,18-21,33-40,49H,6-14,17,22-32H2,1-5H3,(H3,69,70)(H3,71,72)(H,77,86)(H,78,88)(H,83,87)(H4,73,74,81)(H4,75,76,82)(H2,79,84,89)(H2,80,85,90). The van der Waals surface area contributed by atoms with Crippen molar-refractivity contribution in [1.82, 2.24) is 26.6 Å². The number of aryl methyl sites for hydroxylation is 2. The molecule has 34 heteroatoms. The van der Waals surface area contributed by atoms with E-state index >= 15 is 0 Å². The highest BCUT2D eigenvalue weighted by atomic mass is 32.2. The van der Waals surface area contributed by atoms with Gasteiger partial charge in [-0.25, -0.2) is 36.4 Å². The van der Waals surface area contributed by atoms with E-state index in [2.05, 4.69) is 47.2 Å². The Kier molecular flexibility index (Phi) is 32.8. The van der Waals surface area contributed by atoms with Crippen LogP contribution in [0.15, 0.2) is 123 Å². The van der Waals surface area contributed by atoms with Gasteiger partial charge in [0.1, 0.15) is 17.7 Å². The number of thiophene rings is 2. The Labute approximate surface area is 612 Å². The zero-order valence-corrected chi connectivity index (χ0v) is 62.7. The number of urea groups is 2. The number of nitrogen functional groups attached to an aromatic ring is 2. The lowest BCUT2D eigenvalue weighted by Crippen LogP contribution is -2.47. The maximum absolute atomic E-state index is 14.1. The van der Waals surface area contributed by atoms with Crippen LogP contribution in [0.2, 0.25) is 0 Å². The van der Waals surface area contributed by atoms with E-state index in [0.717, 1.165) is 29.1 Å². The first-order valence-corrected chi connectivity index (χ1v) is 40.0. The first-order chi connectivity index (χ1) is 48.7. The second-order valence-electron chi connectivity index (χ2n) is 23.5. The molecule has 0 aliphatic rings. The molecule has 7 amide bonds. The van der Waals surface area contributed by atoms with E-state index in [1.54, 1.807) is 74.9 Å². The number of unbranched alkanes of at least 4 members (excludes halogenated alkanes) is 5. The minimum absolute atomic E-state index is 0.000635. The monoisotopic (exact) mass is 1520 g/mol. The van der Waals surface area contributed by atoms with Gasteiger partial charge in [0.05, 0.1) is 73.7 Å². The molecule has 1 atom stereocenters. The van der Waals surface area contributed by atoms with Crippen molar-refractivity contribution in [3.05, 3.63) is 106 Å². The third kappa shape index (κ3) is 25.0. The van der Waals surface area contributed by atoms with Crippen molar-refractivity contribution >= 4 is 142 Å². The Balaban J connectivity index is 0.952. The highest BCUT2D eigenvalue weighted by Crippen LogP contribution is 2.42. The van der Waals surface area contributed by atoms with Gasteiger partial charge in [-0.15, -0.1) is 46.2 Å². The van der Waals surface area contributed by atoms with Crippen molar-refractivity contribution in [2.75, 3.05) is 75.8 Å². The van der Waals surface area contributed by atoms with Gasteiger partial charge in [-0.3, -0.25) is 25.2 Å². The molecule has 0 radical (unpaired) electrons. The summed E-state index contributed by atoms with van der Waals surface area (Å²) >= 11 is 4.72. The summed E-state index contributed by atoms with van der Waals surface area (Å²) in [7, 11) is -8.14. The van der Waals surface area contributed by atoms with Gasteiger partial charge in [0.25, 0.3) is 0 Å². The minimum Gasteiger partial charge on any atom is -0.383 e. The number of nitrogens with zero attached hydrogens (tertiary/aromatic N) is 2. The van der Waals surface area contributed by atoms with Crippen LogP contribution in [-0.2, 0) is 43.5 Å². The minimum atomic E-state index is -4.08. The maximum atomic E-state index is 14.1. The van der Waals surface area contributed by atoms with E-state index in [-0.39, 0.29) is 86.8 Å². The summed E-state index contributed by atoms with van der Waals surface area (Å²) in [6, 6.07) is 20.1. The van der Waals surface area contributed by atoms with E-state index in [0.29, 0.717) is 178 Å². The fraction of sp³-hybridized carbons (Fsp3) is 0.397. The van der Waals surface area contributed by atoms with E-state index < -0.39 is 37.8 Å². The van der Waals surface area contributed by atoms with Crippen LogP contribution in [0.5, 0.6) is 0 Å². The topological polar surface area (TPSA) is 485 Å². The van der Waals surface area contributed by atoms with Crippen molar-refractivity contribution < 1.29 is 50.3 Å². The van der Waals surface area contributed by atoms with Crippen LogP contribution in [0, 0.1) is 24.7 Å². The number of aliphatic imine (C=N–C) groups is 2. The van der Waals surface area contributed by atoms with Crippen LogP contribution in [0.4, 0.5) is 32.3 Å². The molecule has 0 aliphatic heterocycles. The number of carbonyl (C=O) groups excluding carboxylic acids is 5. The number of rotatable bonds is 42. The lowest BCUT2D eigenvalue weighted by atomic mass is 9.97. The van der Waals surface area contributed by atoms with Gasteiger partial charge in [-0.05, 0) is 167 Å². The fourth-order valence-electron chi connectivity index (χ4n) is 10.7. The maximum Gasteiger partial charge on any atom is 0.319 e. The normalized spacial score (nSPS) is 11.6. The highest BCUT2D eigenvalue weighted by molar-refractivity contribution is 8.02. The Morgan fingerprint density at radius 2 is 0.971 bits per heavy atom. The SMILES string of the molecule is CCCOCCOCCCNC(=O)C(CCCCNC(=O)CCCCCNC(=O)Nc1cc(N=C(N)N)cc(C)c1-c1cccc(S(=O)(=O)c2cc(C(=N)N)sc2SC)c1)NC(=O)CCCCCNC(=O)Nc1cc(N=C(N)N)cc(C)c1-c1cccc(S(=O)(=O)c2cc(C(=N)N)sc2SC)c1. The summed E-state index contributed by atoms with van der Waals surface area (Å²) in [5.41, 5.74) is 38.9. The molecule has 0 fully saturated rings. The summed E-state index contributed by atoms with van der Waals surface area (Å²) in [4.78, 5) is 75.8. The molecule has 28 nitrogen and oxygen atoms in total. The average molecular weight is 1520 g/mol. The third-order valence-electron chi connectivity index (χ3n) is 15.4. The number of thioether (sulfide) groups is 2. The van der Waals surface area contributed by atoms with Crippen LogP contribution in [0.3, 0.4) is 0 Å². The number of carbonyl (C=O) groups is 5. The molecule has 21 N–H and O–H groups in total. The van der Waals surface area contributed by atoms with Crippen LogP contribution >= 0.6 is 46.2 Å². The summed E-state index contributed by atoms with van der Waals surface area (Å²) in [5, 5.41) is 35.9. The Morgan fingerprint density at radius 3 is 1.42 bits per heavy atom. The van der Waals surface area contributed by atoms with Gasteiger partial charge >= 0.3 is 12.1 Å². The number of amides is 7. The second kappa shape index (κ2) is 40.8. The lowest BCUT2D eigenvalue weighted by molar-refractivity contribution is -0.129. The van der Waals surface area contributed by atoms with Gasteiger partial charge in [-0.2, -0.15) is 0 Å². The van der Waals surface area contributed by atoms with Gasteiger partial charge < -0.3 is 81.1 Å². The molecule has 6 rings (SSSR count). The molecular formula is C68H93N17O11S6. The Bertz CT molecular complexity index is 4230. The number of sulfone groups is 2. The number of nitrogens with one attached hydrogen (secondary N) is 9. The molecule has 1 unspecified atom stereocenters. The molecule has 102 heavy (non-hydrogen) atoms. The summed E-state index contributed by atoms with van der Waals surface area (Å²) in [5.74, 6) is -1.71. The first kappa shape index (κ1) is 82.2. The zero-order valence-electron chi connectivity index (χ0n) is 57.8. The highest BCUT2D eigenvalue weighted by Gasteiger charge is 2.29. The molecule has 0 bridgehead atoms. The van der Waals surface area contributed by atoms with Crippen molar-refractivity contribution in [2.45, 2.75) is 138 Å². The van der Waals surface area contributed by atoms with Crippen LogP contribution in [0.1, 0.15) is 111 Å². The van der Waals surface area contributed by atoms with Crippen molar-refractivity contribution in [3.63, 3.8) is 0 Å². The number of benzene rings is 4. The lowest BCUT2D eigenvalue weighted by Gasteiger charge is -2.19. The molecule has 2 heterocycles. The summed E-state index contributed by atoms with van der Waals surface area (Å²) in [6.07, 6.45) is 9.94. The van der Waals surface area contributed by atoms with Crippen molar-refractivity contribution in [1.29, 1.82) is 10.8 Å². The van der Waals surface area contributed by atoms with Gasteiger partial charge in [0.2, 0.25) is 37.4 Å². The quantitative estimate of drug-likeness (QED) is 0.00735. The molecular weight excluding hydrogens is 1420 g/mol. The molecule has 0 saturated carbocycles. The number of hydrogen-bond donors (Lipinski definition) is 15. The number of ether oxygens (including phenoxy) is 2. The predicted molar refractivity (Wildman–Crippen MR) is 409 cm³/mol. The van der Waals surface area contributed by atoms with E-state index in [1.165, 1.54) is 59.9 Å². The molecule has 0 aliphatic carbocycles.